The van der Waals surface area contributed by atoms with Gasteiger partial charge in [-0.3, -0.25) is 5.84 Å². The Balaban J connectivity index is 2.29. The Morgan fingerprint density at radius 2 is 1.85 bits per heavy atom. The molecule has 3 N–H and O–H groups in total. The number of halogens is 2. The van der Waals surface area contributed by atoms with Crippen LogP contribution in [0.2, 0.25) is 5.02 Å². The third-order valence-corrected chi connectivity index (χ3v) is 4.20. The lowest BCUT2D eigenvalue weighted by Gasteiger charge is -2.18. The van der Waals surface area contributed by atoms with Crippen molar-refractivity contribution in [1.29, 1.82) is 0 Å². The van der Waals surface area contributed by atoms with Gasteiger partial charge in [-0.05, 0) is 58.2 Å². The molecule has 0 aromatic heterocycles. The molecule has 0 aliphatic heterocycles. The largest absolute Gasteiger partial charge is 0.494 e. The van der Waals surface area contributed by atoms with Crippen molar-refractivity contribution in [2.24, 2.45) is 5.84 Å². The fraction of sp³-hybridized carbons (Fsp3) is 0.200. The molecule has 2 rings (SSSR count). The zero-order valence-corrected chi connectivity index (χ0v) is 13.4. The summed E-state index contributed by atoms with van der Waals surface area (Å²) >= 11 is 9.52. The van der Waals surface area contributed by atoms with Gasteiger partial charge in [-0.25, -0.2) is 5.43 Å². The van der Waals surface area contributed by atoms with Crippen LogP contribution in [0.25, 0.3) is 0 Å². The van der Waals surface area contributed by atoms with E-state index in [0.717, 1.165) is 21.3 Å². The first-order valence-corrected chi connectivity index (χ1v) is 7.46. The molecule has 20 heavy (non-hydrogen) atoms. The molecule has 0 radical (unpaired) electrons. The lowest BCUT2D eigenvalue weighted by Crippen LogP contribution is -2.28. The molecule has 0 aliphatic carbocycles. The molecule has 2 aromatic carbocycles. The van der Waals surface area contributed by atoms with Crippen LogP contribution in [0.4, 0.5) is 0 Å². The van der Waals surface area contributed by atoms with Crippen molar-refractivity contribution in [3.63, 3.8) is 0 Å². The highest BCUT2D eigenvalue weighted by molar-refractivity contribution is 9.10. The first-order chi connectivity index (χ1) is 9.65. The van der Waals surface area contributed by atoms with Crippen LogP contribution in [-0.4, -0.2) is 6.61 Å². The van der Waals surface area contributed by atoms with Gasteiger partial charge in [-0.2, -0.15) is 0 Å². The molecule has 3 nitrogen and oxygen atoms in total. The average molecular weight is 356 g/mol. The first-order valence-electron chi connectivity index (χ1n) is 6.29. The number of rotatable bonds is 5. The van der Waals surface area contributed by atoms with Gasteiger partial charge in [-0.1, -0.05) is 29.8 Å². The number of benzene rings is 2. The zero-order chi connectivity index (χ0) is 14.5. The molecule has 0 saturated carbocycles. The molecule has 0 bridgehead atoms. The van der Waals surface area contributed by atoms with Crippen molar-refractivity contribution in [2.45, 2.75) is 13.0 Å². The van der Waals surface area contributed by atoms with E-state index < -0.39 is 0 Å². The second-order valence-corrected chi connectivity index (χ2v) is 5.54. The van der Waals surface area contributed by atoms with Gasteiger partial charge < -0.3 is 4.74 Å². The summed E-state index contributed by atoms with van der Waals surface area (Å²) in [6, 6.07) is 13.5. The Hall–Kier alpha value is -1.07. The summed E-state index contributed by atoms with van der Waals surface area (Å²) < 4.78 is 6.30. The van der Waals surface area contributed by atoms with Crippen LogP contribution in [0.5, 0.6) is 5.75 Å². The number of hydrogen-bond donors (Lipinski definition) is 2. The fourth-order valence-corrected chi connectivity index (χ4v) is 2.44. The highest BCUT2D eigenvalue weighted by atomic mass is 79.9. The normalized spacial score (nSPS) is 12.2. The second-order valence-electron chi connectivity index (χ2n) is 4.28. The van der Waals surface area contributed by atoms with E-state index in [-0.39, 0.29) is 6.04 Å². The van der Waals surface area contributed by atoms with Crippen LogP contribution in [0.1, 0.15) is 24.1 Å². The third kappa shape index (κ3) is 3.52. The SMILES string of the molecule is CCOc1ccc(C(NN)c2ccc(Br)c(Cl)c2)cc1. The highest BCUT2D eigenvalue weighted by Gasteiger charge is 2.13. The highest BCUT2D eigenvalue weighted by Crippen LogP contribution is 2.29. The Morgan fingerprint density at radius 1 is 1.20 bits per heavy atom. The summed E-state index contributed by atoms with van der Waals surface area (Å²) in [5, 5.41) is 0.661. The van der Waals surface area contributed by atoms with Crippen LogP contribution in [0.3, 0.4) is 0 Å². The summed E-state index contributed by atoms with van der Waals surface area (Å²) in [5.74, 6) is 6.53. The van der Waals surface area contributed by atoms with E-state index in [1.807, 2.05) is 49.4 Å². The van der Waals surface area contributed by atoms with Gasteiger partial charge in [0.05, 0.1) is 17.7 Å². The minimum Gasteiger partial charge on any atom is -0.494 e. The number of nitrogens with two attached hydrogens (primary N) is 1. The molecule has 1 unspecified atom stereocenters. The number of nitrogens with one attached hydrogen (secondary N) is 1. The van der Waals surface area contributed by atoms with Crippen LogP contribution in [0, 0.1) is 0 Å². The standard InChI is InChI=1S/C15H16BrClN2O/c1-2-20-12-6-3-10(4-7-12)15(19-18)11-5-8-13(16)14(17)9-11/h3-9,15,19H,2,18H2,1H3. The minimum absolute atomic E-state index is 0.115. The van der Waals surface area contributed by atoms with Gasteiger partial charge in [0.25, 0.3) is 0 Å². The number of hydrogen-bond acceptors (Lipinski definition) is 3. The molecule has 5 heteroatoms. The Morgan fingerprint density at radius 3 is 2.40 bits per heavy atom. The fourth-order valence-electron chi connectivity index (χ4n) is 2.00. The molecule has 0 fully saturated rings. The lowest BCUT2D eigenvalue weighted by molar-refractivity contribution is 0.340. The first kappa shape index (κ1) is 15.3. The molecule has 2 aromatic rings. The van der Waals surface area contributed by atoms with Crippen molar-refractivity contribution >= 4 is 27.5 Å². The topological polar surface area (TPSA) is 47.3 Å². The quantitative estimate of drug-likeness (QED) is 0.628. The average Bonchev–Trinajstić information content (AvgIpc) is 2.46. The van der Waals surface area contributed by atoms with Gasteiger partial charge in [-0.15, -0.1) is 0 Å². The van der Waals surface area contributed by atoms with E-state index >= 15 is 0 Å². The Kier molecular flexibility index (Phi) is 5.43. The Labute approximate surface area is 132 Å². The van der Waals surface area contributed by atoms with E-state index in [4.69, 9.17) is 22.2 Å². The van der Waals surface area contributed by atoms with Gasteiger partial charge in [0, 0.05) is 4.47 Å². The van der Waals surface area contributed by atoms with Crippen LogP contribution < -0.4 is 16.0 Å². The molecule has 0 heterocycles. The van der Waals surface area contributed by atoms with Crippen molar-refractivity contribution in [3.05, 3.63) is 63.1 Å². The van der Waals surface area contributed by atoms with E-state index in [0.29, 0.717) is 11.6 Å². The number of hydrazine groups is 1. The predicted octanol–water partition coefficient (Wildman–Crippen LogP) is 4.05. The Bertz CT molecular complexity index is 575. The van der Waals surface area contributed by atoms with Crippen molar-refractivity contribution in [3.8, 4) is 5.75 Å². The zero-order valence-electron chi connectivity index (χ0n) is 11.1. The summed E-state index contributed by atoms with van der Waals surface area (Å²) in [4.78, 5) is 0. The van der Waals surface area contributed by atoms with Gasteiger partial charge in [0.1, 0.15) is 5.75 Å². The summed E-state index contributed by atoms with van der Waals surface area (Å²) in [5.41, 5.74) is 4.87. The maximum Gasteiger partial charge on any atom is 0.119 e. The van der Waals surface area contributed by atoms with Gasteiger partial charge in [0.2, 0.25) is 0 Å². The van der Waals surface area contributed by atoms with Crippen molar-refractivity contribution < 1.29 is 4.74 Å². The van der Waals surface area contributed by atoms with E-state index in [2.05, 4.69) is 21.4 Å². The van der Waals surface area contributed by atoms with Gasteiger partial charge in [0.15, 0.2) is 0 Å². The summed E-state index contributed by atoms with van der Waals surface area (Å²) in [6.07, 6.45) is 0. The second kappa shape index (κ2) is 7.09. The van der Waals surface area contributed by atoms with Crippen molar-refractivity contribution in [2.75, 3.05) is 6.61 Å². The van der Waals surface area contributed by atoms with E-state index in [1.54, 1.807) is 0 Å². The molecule has 0 saturated heterocycles. The van der Waals surface area contributed by atoms with Gasteiger partial charge >= 0.3 is 0 Å². The third-order valence-electron chi connectivity index (χ3n) is 2.97. The molecule has 1 atom stereocenters. The van der Waals surface area contributed by atoms with Crippen LogP contribution in [-0.2, 0) is 0 Å². The number of ether oxygens (including phenoxy) is 1. The maximum absolute atomic E-state index is 6.13. The monoisotopic (exact) mass is 354 g/mol. The molecular formula is C15H16BrClN2O. The summed E-state index contributed by atoms with van der Waals surface area (Å²) in [7, 11) is 0. The molecule has 0 amide bonds. The maximum atomic E-state index is 6.13. The summed E-state index contributed by atoms with van der Waals surface area (Å²) in [6.45, 7) is 2.61. The predicted molar refractivity (Wildman–Crippen MR) is 85.9 cm³/mol. The van der Waals surface area contributed by atoms with E-state index in [9.17, 15) is 0 Å². The molecule has 0 aliphatic rings. The van der Waals surface area contributed by atoms with Crippen LogP contribution >= 0.6 is 27.5 Å². The van der Waals surface area contributed by atoms with Crippen molar-refractivity contribution in [1.82, 2.24) is 5.43 Å². The molecule has 106 valence electrons. The van der Waals surface area contributed by atoms with Crippen LogP contribution in [0.15, 0.2) is 46.9 Å². The smallest absolute Gasteiger partial charge is 0.119 e. The lowest BCUT2D eigenvalue weighted by atomic mass is 9.99. The molecule has 0 spiro atoms. The molecular weight excluding hydrogens is 340 g/mol. The minimum atomic E-state index is -0.115. The van der Waals surface area contributed by atoms with E-state index in [1.165, 1.54) is 0 Å².